The minimum atomic E-state index is -1.35. The molecule has 1 heterocycles. The van der Waals surface area contributed by atoms with Crippen molar-refractivity contribution in [3.8, 4) is 0 Å². The van der Waals surface area contributed by atoms with Gasteiger partial charge < -0.3 is 15.7 Å². The average Bonchev–Trinajstić information content (AvgIpc) is 2.49. The third-order valence-electron chi connectivity index (χ3n) is 4.09. The maximum absolute atomic E-state index is 13.4. The molecule has 3 N–H and O–H groups in total. The maximum atomic E-state index is 13.4. The van der Waals surface area contributed by atoms with Crippen LogP contribution in [-0.2, 0) is 4.79 Å². The van der Waals surface area contributed by atoms with Gasteiger partial charge in [0.15, 0.2) is 0 Å². The highest BCUT2D eigenvalue weighted by molar-refractivity contribution is 5.97. The fourth-order valence-electron chi connectivity index (χ4n) is 2.65. The molecule has 1 aliphatic rings. The summed E-state index contributed by atoms with van der Waals surface area (Å²) in [5.74, 6) is -2.32. The van der Waals surface area contributed by atoms with E-state index in [4.69, 9.17) is 5.11 Å². The number of nitrogens with one attached hydrogen (secondary N) is 2. The predicted molar refractivity (Wildman–Crippen MR) is 76.8 cm³/mol. The first-order chi connectivity index (χ1) is 9.98. The van der Waals surface area contributed by atoms with E-state index < -0.39 is 22.8 Å². The molecule has 1 atom stereocenters. The first-order valence-corrected chi connectivity index (χ1v) is 7.03. The zero-order valence-electron chi connectivity index (χ0n) is 11.9. The van der Waals surface area contributed by atoms with E-state index in [9.17, 15) is 14.0 Å². The van der Waals surface area contributed by atoms with Gasteiger partial charge in [0.25, 0.3) is 0 Å². The lowest BCUT2D eigenvalue weighted by molar-refractivity contribution is -0.126. The van der Waals surface area contributed by atoms with Gasteiger partial charge in [-0.3, -0.25) is 4.79 Å². The first-order valence-electron chi connectivity index (χ1n) is 7.03. The second-order valence-corrected chi connectivity index (χ2v) is 5.37. The highest BCUT2D eigenvalue weighted by atomic mass is 19.1. The number of piperidine rings is 1. The Hall–Kier alpha value is -1.95. The number of carbonyl (C=O) groups is 2. The summed E-state index contributed by atoms with van der Waals surface area (Å²) in [4.78, 5) is 23.4. The van der Waals surface area contributed by atoms with Gasteiger partial charge >= 0.3 is 5.97 Å². The highest BCUT2D eigenvalue weighted by Gasteiger charge is 2.37. The number of aromatic carboxylic acids is 1. The second-order valence-electron chi connectivity index (χ2n) is 5.37. The van der Waals surface area contributed by atoms with Crippen molar-refractivity contribution in [2.45, 2.75) is 26.2 Å². The van der Waals surface area contributed by atoms with Crippen LogP contribution in [-0.4, -0.2) is 30.1 Å². The van der Waals surface area contributed by atoms with Crippen LogP contribution in [0.1, 0.15) is 36.5 Å². The molecule has 2 rings (SSSR count). The van der Waals surface area contributed by atoms with Crippen LogP contribution >= 0.6 is 0 Å². The molecule has 0 spiro atoms. The van der Waals surface area contributed by atoms with Crippen molar-refractivity contribution < 1.29 is 19.1 Å². The van der Waals surface area contributed by atoms with E-state index in [1.165, 1.54) is 6.07 Å². The number of anilines is 1. The molecule has 1 aromatic rings. The minimum Gasteiger partial charge on any atom is -0.478 e. The molecule has 1 saturated heterocycles. The fraction of sp³-hybridized carbons (Fsp3) is 0.467. The Kier molecular flexibility index (Phi) is 4.57. The maximum Gasteiger partial charge on any atom is 0.338 e. The lowest BCUT2D eigenvalue weighted by Gasteiger charge is -2.35. The third kappa shape index (κ3) is 3.21. The van der Waals surface area contributed by atoms with Crippen LogP contribution in [0, 0.1) is 11.2 Å². The van der Waals surface area contributed by atoms with E-state index in [1.807, 2.05) is 6.92 Å². The van der Waals surface area contributed by atoms with Crippen LogP contribution in [0.2, 0.25) is 0 Å². The number of hydrogen-bond donors (Lipinski definition) is 3. The summed E-state index contributed by atoms with van der Waals surface area (Å²) in [6.45, 7) is 3.46. The molecule has 1 unspecified atom stereocenters. The molecular weight excluding hydrogens is 275 g/mol. The Bertz CT molecular complexity index is 554. The summed E-state index contributed by atoms with van der Waals surface area (Å²) < 4.78 is 13.4. The normalized spacial score (nSPS) is 21.8. The largest absolute Gasteiger partial charge is 0.478 e. The van der Waals surface area contributed by atoms with Crippen LogP contribution in [0.5, 0.6) is 0 Å². The average molecular weight is 294 g/mol. The zero-order chi connectivity index (χ0) is 15.5. The Balaban J connectivity index is 2.19. The van der Waals surface area contributed by atoms with Crippen molar-refractivity contribution in [3.05, 3.63) is 29.6 Å². The molecule has 21 heavy (non-hydrogen) atoms. The molecule has 5 nitrogen and oxygen atoms in total. The van der Waals surface area contributed by atoms with Gasteiger partial charge in [-0.25, -0.2) is 9.18 Å². The number of carboxylic acids is 1. The van der Waals surface area contributed by atoms with E-state index in [0.29, 0.717) is 18.7 Å². The molecule has 1 aromatic carbocycles. The molecular formula is C15H19FN2O3. The van der Waals surface area contributed by atoms with Gasteiger partial charge in [-0.2, -0.15) is 0 Å². The SMILES string of the molecule is CCC1(C(=O)Nc2ccc(F)c(C(=O)O)c2)CCCNC1. The van der Waals surface area contributed by atoms with Crippen molar-refractivity contribution in [1.82, 2.24) is 5.32 Å². The van der Waals surface area contributed by atoms with Crippen molar-refractivity contribution in [3.63, 3.8) is 0 Å². The van der Waals surface area contributed by atoms with E-state index in [-0.39, 0.29) is 5.91 Å². The highest BCUT2D eigenvalue weighted by Crippen LogP contribution is 2.31. The van der Waals surface area contributed by atoms with E-state index in [1.54, 1.807) is 0 Å². The number of carboxylic acid groups (broad SMARTS) is 1. The summed E-state index contributed by atoms with van der Waals surface area (Å²) in [6.07, 6.45) is 2.40. The minimum absolute atomic E-state index is 0.153. The quantitative estimate of drug-likeness (QED) is 0.796. The second kappa shape index (κ2) is 6.22. The summed E-state index contributed by atoms with van der Waals surface area (Å²) >= 11 is 0. The van der Waals surface area contributed by atoms with Crippen LogP contribution in [0.25, 0.3) is 0 Å². The smallest absolute Gasteiger partial charge is 0.338 e. The Labute approximate surface area is 122 Å². The lowest BCUT2D eigenvalue weighted by Crippen LogP contribution is -2.47. The topological polar surface area (TPSA) is 78.4 Å². The fourth-order valence-corrected chi connectivity index (χ4v) is 2.65. The molecule has 1 fully saturated rings. The lowest BCUT2D eigenvalue weighted by atomic mass is 9.77. The van der Waals surface area contributed by atoms with Crippen LogP contribution in [0.3, 0.4) is 0 Å². The summed E-state index contributed by atoms with van der Waals surface area (Å²) in [7, 11) is 0. The van der Waals surface area contributed by atoms with Gasteiger partial charge in [-0.1, -0.05) is 6.92 Å². The molecule has 0 aliphatic carbocycles. The number of halogens is 1. The van der Waals surface area contributed by atoms with Crippen molar-refractivity contribution in [2.75, 3.05) is 18.4 Å². The number of hydrogen-bond acceptors (Lipinski definition) is 3. The monoisotopic (exact) mass is 294 g/mol. The van der Waals surface area contributed by atoms with Gasteiger partial charge in [0.1, 0.15) is 5.82 Å². The van der Waals surface area contributed by atoms with Gasteiger partial charge in [-0.05, 0) is 44.0 Å². The van der Waals surface area contributed by atoms with Crippen LogP contribution in [0.4, 0.5) is 10.1 Å². The standard InChI is InChI=1S/C15H19FN2O3/c1-2-15(6-3-7-17-9-15)14(21)18-10-4-5-12(16)11(8-10)13(19)20/h4-5,8,17H,2-3,6-7,9H2,1H3,(H,18,21)(H,19,20). The molecule has 6 heteroatoms. The zero-order valence-corrected chi connectivity index (χ0v) is 11.9. The number of rotatable bonds is 4. The Morgan fingerprint density at radius 1 is 1.48 bits per heavy atom. The van der Waals surface area contributed by atoms with Crippen LogP contribution < -0.4 is 10.6 Å². The first kappa shape index (κ1) is 15.4. The molecule has 0 saturated carbocycles. The Morgan fingerprint density at radius 2 is 2.24 bits per heavy atom. The Morgan fingerprint density at radius 3 is 2.81 bits per heavy atom. The van der Waals surface area contributed by atoms with Crippen molar-refractivity contribution in [2.24, 2.45) is 5.41 Å². The van der Waals surface area contributed by atoms with E-state index in [0.717, 1.165) is 31.5 Å². The number of amides is 1. The molecule has 114 valence electrons. The summed E-state index contributed by atoms with van der Waals surface area (Å²) in [6, 6.07) is 3.57. The molecule has 1 amide bonds. The van der Waals surface area contributed by atoms with Gasteiger partial charge in [0.05, 0.1) is 11.0 Å². The third-order valence-corrected chi connectivity index (χ3v) is 4.09. The van der Waals surface area contributed by atoms with E-state index >= 15 is 0 Å². The van der Waals surface area contributed by atoms with Crippen molar-refractivity contribution >= 4 is 17.6 Å². The summed E-state index contributed by atoms with van der Waals surface area (Å²) in [5.41, 5.74) is -0.631. The number of benzene rings is 1. The molecule has 0 aromatic heterocycles. The molecule has 0 radical (unpaired) electrons. The van der Waals surface area contributed by atoms with Gasteiger partial charge in [-0.15, -0.1) is 0 Å². The summed E-state index contributed by atoms with van der Waals surface area (Å²) in [5, 5.41) is 14.8. The van der Waals surface area contributed by atoms with Crippen LogP contribution in [0.15, 0.2) is 18.2 Å². The van der Waals surface area contributed by atoms with E-state index in [2.05, 4.69) is 10.6 Å². The molecule has 1 aliphatic heterocycles. The predicted octanol–water partition coefficient (Wildman–Crippen LogP) is 2.24. The van der Waals surface area contributed by atoms with Crippen molar-refractivity contribution in [1.29, 1.82) is 0 Å². The number of carbonyl (C=O) groups excluding carboxylic acids is 1. The van der Waals surface area contributed by atoms with Gasteiger partial charge in [0.2, 0.25) is 5.91 Å². The van der Waals surface area contributed by atoms with Gasteiger partial charge in [0, 0.05) is 12.2 Å². The molecule has 0 bridgehead atoms.